The fraction of sp³-hybridized carbons (Fsp3) is 0.938. The summed E-state index contributed by atoms with van der Waals surface area (Å²) in [6.45, 7) is 3.21. The largest absolute Gasteiger partial charge is 0.356 e. The summed E-state index contributed by atoms with van der Waals surface area (Å²) < 4.78 is 0. The van der Waals surface area contributed by atoms with Gasteiger partial charge in [0.1, 0.15) is 0 Å². The smallest absolute Gasteiger partial charge is 0.220 e. The van der Waals surface area contributed by atoms with Crippen LogP contribution in [-0.2, 0) is 4.79 Å². The van der Waals surface area contributed by atoms with Crippen LogP contribution in [0.25, 0.3) is 0 Å². The van der Waals surface area contributed by atoms with Crippen LogP contribution in [0, 0.1) is 23.7 Å². The summed E-state index contributed by atoms with van der Waals surface area (Å²) >= 11 is 0. The fourth-order valence-corrected chi connectivity index (χ4v) is 4.52. The highest BCUT2D eigenvalue weighted by molar-refractivity contribution is 5.76. The van der Waals surface area contributed by atoms with Gasteiger partial charge >= 0.3 is 0 Å². The van der Waals surface area contributed by atoms with E-state index in [1.807, 2.05) is 0 Å². The Kier molecular flexibility index (Phi) is 4.42. The van der Waals surface area contributed by atoms with Crippen molar-refractivity contribution in [3.05, 3.63) is 0 Å². The van der Waals surface area contributed by atoms with Crippen LogP contribution in [0.4, 0.5) is 0 Å². The molecule has 0 aromatic heterocycles. The number of fused-ring (bicyclic) bond motifs is 2. The molecule has 0 aromatic carbocycles. The second kappa shape index (κ2) is 6.25. The molecule has 0 aromatic rings. The van der Waals surface area contributed by atoms with E-state index in [1.54, 1.807) is 0 Å². The average molecular weight is 264 g/mol. The first-order valence-corrected chi connectivity index (χ1v) is 8.28. The van der Waals surface area contributed by atoms with Gasteiger partial charge in [0, 0.05) is 13.0 Å². The first-order chi connectivity index (χ1) is 9.31. The van der Waals surface area contributed by atoms with Crippen LogP contribution in [0.2, 0.25) is 0 Å². The van der Waals surface area contributed by atoms with E-state index in [2.05, 4.69) is 10.6 Å². The topological polar surface area (TPSA) is 41.1 Å². The molecule has 1 amide bonds. The maximum Gasteiger partial charge on any atom is 0.220 e. The minimum absolute atomic E-state index is 0.312. The van der Waals surface area contributed by atoms with Crippen molar-refractivity contribution in [1.29, 1.82) is 0 Å². The fourth-order valence-electron chi connectivity index (χ4n) is 4.52. The quantitative estimate of drug-likeness (QED) is 0.800. The molecule has 3 atom stereocenters. The van der Waals surface area contributed by atoms with Crippen LogP contribution in [0.3, 0.4) is 0 Å². The molecule has 3 fully saturated rings. The van der Waals surface area contributed by atoms with E-state index in [4.69, 9.17) is 0 Å². The molecule has 3 rings (SSSR count). The van der Waals surface area contributed by atoms with Gasteiger partial charge in [0.05, 0.1) is 0 Å². The number of piperidine rings is 1. The Balaban J connectivity index is 1.31. The predicted molar refractivity (Wildman–Crippen MR) is 76.8 cm³/mol. The zero-order valence-electron chi connectivity index (χ0n) is 12.0. The van der Waals surface area contributed by atoms with Crippen LogP contribution in [-0.4, -0.2) is 25.5 Å². The van der Waals surface area contributed by atoms with Crippen LogP contribution in [0.1, 0.15) is 51.4 Å². The van der Waals surface area contributed by atoms with Gasteiger partial charge in [-0.15, -0.1) is 0 Å². The van der Waals surface area contributed by atoms with E-state index in [0.29, 0.717) is 11.8 Å². The molecule has 2 bridgehead atoms. The summed E-state index contributed by atoms with van der Waals surface area (Å²) in [5.74, 6) is 3.67. The van der Waals surface area contributed by atoms with Crippen molar-refractivity contribution < 1.29 is 4.79 Å². The molecule has 2 saturated carbocycles. The maximum absolute atomic E-state index is 12.0. The molecule has 108 valence electrons. The lowest BCUT2D eigenvalue weighted by Crippen LogP contribution is -2.32. The van der Waals surface area contributed by atoms with Crippen molar-refractivity contribution in [2.45, 2.75) is 51.4 Å². The Morgan fingerprint density at radius 2 is 1.95 bits per heavy atom. The van der Waals surface area contributed by atoms with Gasteiger partial charge < -0.3 is 10.6 Å². The number of nitrogens with one attached hydrogen (secondary N) is 2. The van der Waals surface area contributed by atoms with Crippen molar-refractivity contribution >= 4 is 5.91 Å². The predicted octanol–water partition coefficient (Wildman–Crippen LogP) is 2.32. The third kappa shape index (κ3) is 3.50. The van der Waals surface area contributed by atoms with E-state index >= 15 is 0 Å². The number of hydrogen-bond acceptors (Lipinski definition) is 2. The second-order valence-corrected chi connectivity index (χ2v) is 6.97. The van der Waals surface area contributed by atoms with Gasteiger partial charge in [-0.05, 0) is 75.3 Å². The summed E-state index contributed by atoms with van der Waals surface area (Å²) in [5.41, 5.74) is 0. The molecule has 2 aliphatic carbocycles. The molecule has 2 N–H and O–H groups in total. The normalized spacial score (nSPS) is 34.6. The number of rotatable bonds is 5. The molecule has 1 aliphatic heterocycles. The lowest BCUT2D eigenvalue weighted by Gasteiger charge is -2.23. The molecule has 3 aliphatic rings. The molecular weight excluding hydrogens is 236 g/mol. The number of hydrogen-bond donors (Lipinski definition) is 2. The standard InChI is InChI=1S/C16H28N2O/c19-16(11-15-10-13-1-2-14(15)9-13)18-8-5-12-3-6-17-7-4-12/h12-15,17H,1-11H2,(H,18,19). The summed E-state index contributed by atoms with van der Waals surface area (Å²) in [5, 5.41) is 6.55. The SMILES string of the molecule is O=C(CC1CC2CCC1C2)NCCC1CCNCC1. The van der Waals surface area contributed by atoms with Crippen LogP contribution in [0.5, 0.6) is 0 Å². The molecule has 19 heavy (non-hydrogen) atoms. The highest BCUT2D eigenvalue weighted by Gasteiger charge is 2.39. The van der Waals surface area contributed by atoms with Crippen molar-refractivity contribution in [3.63, 3.8) is 0 Å². The summed E-state index contributed by atoms with van der Waals surface area (Å²) in [7, 11) is 0. The third-order valence-electron chi connectivity index (χ3n) is 5.67. The first-order valence-electron chi connectivity index (χ1n) is 8.28. The van der Waals surface area contributed by atoms with E-state index < -0.39 is 0 Å². The second-order valence-electron chi connectivity index (χ2n) is 6.97. The Bertz CT molecular complexity index is 312. The lowest BCUT2D eigenvalue weighted by atomic mass is 9.86. The number of carbonyl (C=O) groups is 1. The molecule has 0 radical (unpaired) electrons. The van der Waals surface area contributed by atoms with Crippen molar-refractivity contribution in [2.75, 3.05) is 19.6 Å². The number of carbonyl (C=O) groups excluding carboxylic acids is 1. The molecule has 3 unspecified atom stereocenters. The van der Waals surface area contributed by atoms with Gasteiger partial charge in [-0.25, -0.2) is 0 Å². The Hall–Kier alpha value is -0.570. The van der Waals surface area contributed by atoms with Gasteiger partial charge in [-0.1, -0.05) is 6.42 Å². The molecule has 3 heteroatoms. The highest BCUT2D eigenvalue weighted by atomic mass is 16.1. The molecule has 0 spiro atoms. The van der Waals surface area contributed by atoms with Gasteiger partial charge in [0.2, 0.25) is 5.91 Å². The zero-order valence-corrected chi connectivity index (χ0v) is 12.0. The molecule has 3 nitrogen and oxygen atoms in total. The van der Waals surface area contributed by atoms with Gasteiger partial charge in [0.25, 0.3) is 0 Å². The average Bonchev–Trinajstić information content (AvgIpc) is 3.02. The van der Waals surface area contributed by atoms with Crippen molar-refractivity contribution in [3.8, 4) is 0 Å². The lowest BCUT2D eigenvalue weighted by molar-refractivity contribution is -0.122. The molecular formula is C16H28N2O. The zero-order chi connectivity index (χ0) is 13.1. The Morgan fingerprint density at radius 3 is 2.63 bits per heavy atom. The minimum atomic E-state index is 0.312. The van der Waals surface area contributed by atoms with E-state index in [9.17, 15) is 4.79 Å². The van der Waals surface area contributed by atoms with Crippen LogP contribution >= 0.6 is 0 Å². The summed E-state index contributed by atoms with van der Waals surface area (Å²) in [6.07, 6.45) is 10.1. The maximum atomic E-state index is 12.0. The highest BCUT2D eigenvalue weighted by Crippen LogP contribution is 2.49. The van der Waals surface area contributed by atoms with Gasteiger partial charge in [-0.2, -0.15) is 0 Å². The van der Waals surface area contributed by atoms with Crippen LogP contribution < -0.4 is 10.6 Å². The van der Waals surface area contributed by atoms with Crippen molar-refractivity contribution in [2.24, 2.45) is 23.7 Å². The first kappa shape index (κ1) is 13.4. The molecule has 1 heterocycles. The molecule has 1 saturated heterocycles. The third-order valence-corrected chi connectivity index (χ3v) is 5.67. The Labute approximate surface area is 116 Å². The van der Waals surface area contributed by atoms with Gasteiger partial charge in [-0.3, -0.25) is 4.79 Å². The Morgan fingerprint density at radius 1 is 1.11 bits per heavy atom. The van der Waals surface area contributed by atoms with Gasteiger partial charge in [0.15, 0.2) is 0 Å². The van der Waals surface area contributed by atoms with E-state index in [1.165, 1.54) is 44.9 Å². The monoisotopic (exact) mass is 264 g/mol. The van der Waals surface area contributed by atoms with Crippen LogP contribution in [0.15, 0.2) is 0 Å². The van der Waals surface area contributed by atoms with Crippen molar-refractivity contribution in [1.82, 2.24) is 10.6 Å². The number of amides is 1. The van der Waals surface area contributed by atoms with E-state index in [-0.39, 0.29) is 0 Å². The minimum Gasteiger partial charge on any atom is -0.356 e. The van der Waals surface area contributed by atoms with E-state index in [0.717, 1.165) is 43.8 Å². The summed E-state index contributed by atoms with van der Waals surface area (Å²) in [4.78, 5) is 12.0. The summed E-state index contributed by atoms with van der Waals surface area (Å²) in [6, 6.07) is 0.